The van der Waals surface area contributed by atoms with Gasteiger partial charge in [0.25, 0.3) is 0 Å². The van der Waals surface area contributed by atoms with Crippen LogP contribution in [0.4, 0.5) is 0 Å². The van der Waals surface area contributed by atoms with Crippen LogP contribution in [0.1, 0.15) is 18.5 Å². The SMILES string of the molecule is CC(C#N)CN(C)C(CN)c1ccc(Br)cc1. The van der Waals surface area contributed by atoms with Gasteiger partial charge in [0.2, 0.25) is 0 Å². The minimum atomic E-state index is 0.0181. The summed E-state index contributed by atoms with van der Waals surface area (Å²) >= 11 is 3.42. The van der Waals surface area contributed by atoms with Crippen LogP contribution in [0, 0.1) is 17.2 Å². The molecular weight excluding hydrogens is 278 g/mol. The fourth-order valence-electron chi connectivity index (χ4n) is 1.86. The van der Waals surface area contributed by atoms with Gasteiger partial charge >= 0.3 is 0 Å². The van der Waals surface area contributed by atoms with Gasteiger partial charge in [0.05, 0.1) is 12.0 Å². The first-order valence-corrected chi connectivity index (χ1v) is 6.43. The van der Waals surface area contributed by atoms with Crippen molar-refractivity contribution in [1.82, 2.24) is 4.90 Å². The van der Waals surface area contributed by atoms with E-state index in [-0.39, 0.29) is 12.0 Å². The zero-order valence-corrected chi connectivity index (χ0v) is 11.8. The van der Waals surface area contributed by atoms with Gasteiger partial charge in [-0.3, -0.25) is 4.90 Å². The predicted molar refractivity (Wildman–Crippen MR) is 73.3 cm³/mol. The highest BCUT2D eigenvalue weighted by atomic mass is 79.9. The molecule has 0 aromatic heterocycles. The molecule has 2 atom stereocenters. The molecule has 0 fully saturated rings. The average molecular weight is 296 g/mol. The zero-order valence-electron chi connectivity index (χ0n) is 10.2. The summed E-state index contributed by atoms with van der Waals surface area (Å²) in [6, 6.07) is 10.6. The maximum atomic E-state index is 8.83. The molecular formula is C13H18BrN3. The largest absolute Gasteiger partial charge is 0.329 e. The van der Waals surface area contributed by atoms with E-state index in [1.54, 1.807) is 0 Å². The highest BCUT2D eigenvalue weighted by Gasteiger charge is 2.17. The first kappa shape index (κ1) is 14.2. The van der Waals surface area contributed by atoms with E-state index >= 15 is 0 Å². The minimum Gasteiger partial charge on any atom is -0.329 e. The highest BCUT2D eigenvalue weighted by Crippen LogP contribution is 2.21. The van der Waals surface area contributed by atoms with E-state index in [4.69, 9.17) is 11.0 Å². The fourth-order valence-corrected chi connectivity index (χ4v) is 2.12. The van der Waals surface area contributed by atoms with Crippen LogP contribution in [0.15, 0.2) is 28.7 Å². The second kappa shape index (κ2) is 6.75. The lowest BCUT2D eigenvalue weighted by Crippen LogP contribution is -2.33. The van der Waals surface area contributed by atoms with E-state index < -0.39 is 0 Å². The Bertz CT molecular complexity index is 383. The lowest BCUT2D eigenvalue weighted by molar-refractivity contribution is 0.234. The van der Waals surface area contributed by atoms with Crippen LogP contribution in [0.25, 0.3) is 0 Å². The second-order valence-electron chi connectivity index (χ2n) is 4.27. The van der Waals surface area contributed by atoms with Crippen molar-refractivity contribution in [3.05, 3.63) is 34.3 Å². The van der Waals surface area contributed by atoms with Gasteiger partial charge < -0.3 is 5.73 Å². The summed E-state index contributed by atoms with van der Waals surface area (Å²) in [5.41, 5.74) is 7.01. The van der Waals surface area contributed by atoms with Crippen molar-refractivity contribution < 1.29 is 0 Å². The Morgan fingerprint density at radius 3 is 2.47 bits per heavy atom. The van der Waals surface area contributed by atoms with Crippen molar-refractivity contribution >= 4 is 15.9 Å². The van der Waals surface area contributed by atoms with Crippen LogP contribution in [0.3, 0.4) is 0 Å². The van der Waals surface area contributed by atoms with Crippen molar-refractivity contribution in [2.45, 2.75) is 13.0 Å². The van der Waals surface area contributed by atoms with E-state index in [9.17, 15) is 0 Å². The Morgan fingerprint density at radius 1 is 1.41 bits per heavy atom. The van der Waals surface area contributed by atoms with Crippen molar-refractivity contribution in [2.24, 2.45) is 11.7 Å². The molecule has 0 saturated carbocycles. The quantitative estimate of drug-likeness (QED) is 0.908. The van der Waals surface area contributed by atoms with Gasteiger partial charge in [-0.25, -0.2) is 0 Å². The number of benzene rings is 1. The Hall–Kier alpha value is -0.890. The Morgan fingerprint density at radius 2 is 2.00 bits per heavy atom. The summed E-state index contributed by atoms with van der Waals surface area (Å²) in [4.78, 5) is 2.14. The number of likely N-dealkylation sites (N-methyl/N-ethyl adjacent to an activating group) is 1. The van der Waals surface area contributed by atoms with Crippen LogP contribution in [0.5, 0.6) is 0 Å². The summed E-state index contributed by atoms with van der Waals surface area (Å²) in [6.45, 7) is 3.20. The van der Waals surface area contributed by atoms with Gasteiger partial charge in [-0.15, -0.1) is 0 Å². The average Bonchev–Trinajstić information content (AvgIpc) is 2.32. The Kier molecular flexibility index (Phi) is 5.63. The summed E-state index contributed by atoms with van der Waals surface area (Å²) in [5.74, 6) is 0.0181. The molecule has 3 nitrogen and oxygen atoms in total. The smallest absolute Gasteiger partial charge is 0.0666 e. The molecule has 1 aromatic carbocycles. The Balaban J connectivity index is 2.77. The van der Waals surface area contributed by atoms with Crippen LogP contribution in [0.2, 0.25) is 0 Å². The van der Waals surface area contributed by atoms with Gasteiger partial charge in [0.15, 0.2) is 0 Å². The van der Waals surface area contributed by atoms with E-state index in [0.717, 1.165) is 11.0 Å². The number of nitriles is 1. The van der Waals surface area contributed by atoms with E-state index in [2.05, 4.69) is 39.0 Å². The normalized spacial score (nSPS) is 14.4. The lowest BCUT2D eigenvalue weighted by atomic mass is 10.0. The molecule has 17 heavy (non-hydrogen) atoms. The van der Waals surface area contributed by atoms with Gasteiger partial charge in [0, 0.05) is 23.6 Å². The molecule has 2 unspecified atom stereocenters. The highest BCUT2D eigenvalue weighted by molar-refractivity contribution is 9.10. The molecule has 0 heterocycles. The van der Waals surface area contributed by atoms with Crippen molar-refractivity contribution in [2.75, 3.05) is 20.1 Å². The molecule has 0 aliphatic heterocycles. The molecule has 0 spiro atoms. The van der Waals surface area contributed by atoms with Gasteiger partial charge in [-0.2, -0.15) is 5.26 Å². The van der Waals surface area contributed by atoms with Crippen LogP contribution >= 0.6 is 15.9 Å². The Labute approximate surface area is 111 Å². The third-order valence-corrected chi connectivity index (χ3v) is 3.32. The molecule has 2 N–H and O–H groups in total. The van der Waals surface area contributed by atoms with Crippen LogP contribution < -0.4 is 5.73 Å². The van der Waals surface area contributed by atoms with E-state index in [1.165, 1.54) is 5.56 Å². The molecule has 1 aromatic rings. The maximum Gasteiger partial charge on any atom is 0.0666 e. The van der Waals surface area contributed by atoms with Gasteiger partial charge in [0.1, 0.15) is 0 Å². The fraction of sp³-hybridized carbons (Fsp3) is 0.462. The van der Waals surface area contributed by atoms with E-state index in [0.29, 0.717) is 6.54 Å². The van der Waals surface area contributed by atoms with Crippen molar-refractivity contribution in [1.29, 1.82) is 5.26 Å². The molecule has 4 heteroatoms. The first-order valence-electron chi connectivity index (χ1n) is 5.64. The molecule has 0 amide bonds. The molecule has 92 valence electrons. The first-order chi connectivity index (χ1) is 8.08. The third-order valence-electron chi connectivity index (χ3n) is 2.79. The minimum absolute atomic E-state index is 0.0181. The molecule has 0 aliphatic rings. The standard InChI is InChI=1S/C13H18BrN3/c1-10(7-15)9-17(2)13(8-16)11-3-5-12(14)6-4-11/h3-6,10,13H,8-9,16H2,1-2H3. The second-order valence-corrected chi connectivity index (χ2v) is 5.19. The monoisotopic (exact) mass is 295 g/mol. The van der Waals surface area contributed by atoms with Crippen molar-refractivity contribution in [3.8, 4) is 6.07 Å². The number of hydrogen-bond donors (Lipinski definition) is 1. The topological polar surface area (TPSA) is 53.0 Å². The molecule has 0 bridgehead atoms. The van der Waals surface area contributed by atoms with Gasteiger partial charge in [-0.05, 0) is 31.7 Å². The summed E-state index contributed by atoms with van der Waals surface area (Å²) in [5, 5.41) is 8.83. The molecule has 0 radical (unpaired) electrons. The summed E-state index contributed by atoms with van der Waals surface area (Å²) in [7, 11) is 2.01. The van der Waals surface area contributed by atoms with Crippen LogP contribution in [-0.2, 0) is 0 Å². The number of halogens is 1. The van der Waals surface area contributed by atoms with Gasteiger partial charge in [-0.1, -0.05) is 28.1 Å². The number of hydrogen-bond acceptors (Lipinski definition) is 3. The van der Waals surface area contributed by atoms with Crippen molar-refractivity contribution in [3.63, 3.8) is 0 Å². The molecule has 0 aliphatic carbocycles. The number of rotatable bonds is 5. The molecule has 1 rings (SSSR count). The summed E-state index contributed by atoms with van der Waals surface area (Å²) in [6.07, 6.45) is 0. The molecule has 0 saturated heterocycles. The number of nitrogens with zero attached hydrogens (tertiary/aromatic N) is 2. The third kappa shape index (κ3) is 4.12. The number of nitrogens with two attached hydrogens (primary N) is 1. The lowest BCUT2D eigenvalue weighted by Gasteiger charge is -2.28. The zero-order chi connectivity index (χ0) is 12.8. The maximum absolute atomic E-state index is 8.83. The summed E-state index contributed by atoms with van der Waals surface area (Å²) < 4.78 is 1.06. The predicted octanol–water partition coefficient (Wildman–Crippen LogP) is 2.54. The van der Waals surface area contributed by atoms with Crippen LogP contribution in [-0.4, -0.2) is 25.0 Å². The van der Waals surface area contributed by atoms with E-state index in [1.807, 2.05) is 26.1 Å².